The van der Waals surface area contributed by atoms with Crippen molar-refractivity contribution in [2.45, 2.75) is 57.5 Å². The standard InChI is InChI=1S/C27H31N3O3S/c1-2-33-23-12-10-22(11-13-23)30(25(31)19-24-9-6-18-34-24)26(20-14-16-28-17-15-20)27(32)29-21-7-4-3-5-8-21/h6,9-18,21,26H,2-5,7-8,19H2,1H3,(H,29,32). The SMILES string of the molecule is CCOc1ccc(N(C(=O)Cc2cccs2)C(C(=O)NC2CCCCC2)c2ccncc2)cc1. The van der Waals surface area contributed by atoms with Crippen LogP contribution in [-0.4, -0.2) is 29.4 Å². The summed E-state index contributed by atoms with van der Waals surface area (Å²) >= 11 is 1.54. The Labute approximate surface area is 205 Å². The van der Waals surface area contributed by atoms with Crippen molar-refractivity contribution >= 4 is 28.8 Å². The summed E-state index contributed by atoms with van der Waals surface area (Å²) in [5.74, 6) is 0.433. The van der Waals surface area contributed by atoms with Crippen molar-refractivity contribution in [3.63, 3.8) is 0 Å². The van der Waals surface area contributed by atoms with E-state index in [0.29, 0.717) is 12.3 Å². The summed E-state index contributed by atoms with van der Waals surface area (Å²) in [5.41, 5.74) is 1.39. The predicted octanol–water partition coefficient (Wildman–Crippen LogP) is 5.31. The topological polar surface area (TPSA) is 71.5 Å². The highest BCUT2D eigenvalue weighted by molar-refractivity contribution is 7.10. The first-order chi connectivity index (χ1) is 16.7. The third kappa shape index (κ3) is 6.03. The van der Waals surface area contributed by atoms with Crippen molar-refractivity contribution in [3.8, 4) is 5.75 Å². The third-order valence-electron chi connectivity index (χ3n) is 6.08. The average molecular weight is 478 g/mol. The van der Waals surface area contributed by atoms with Gasteiger partial charge in [0.05, 0.1) is 13.0 Å². The molecule has 1 saturated carbocycles. The van der Waals surface area contributed by atoms with Gasteiger partial charge in [-0.3, -0.25) is 19.5 Å². The Morgan fingerprint density at radius 3 is 2.47 bits per heavy atom. The molecule has 0 radical (unpaired) electrons. The van der Waals surface area contributed by atoms with E-state index in [1.54, 1.807) is 17.3 Å². The minimum Gasteiger partial charge on any atom is -0.494 e. The van der Waals surface area contributed by atoms with E-state index in [9.17, 15) is 9.59 Å². The zero-order chi connectivity index (χ0) is 23.8. The number of thiophene rings is 1. The number of benzene rings is 1. The van der Waals surface area contributed by atoms with Crippen LogP contribution in [0.3, 0.4) is 0 Å². The van der Waals surface area contributed by atoms with Crippen LogP contribution in [0.1, 0.15) is 55.5 Å². The number of hydrogen-bond acceptors (Lipinski definition) is 5. The predicted molar refractivity (Wildman–Crippen MR) is 135 cm³/mol. The molecule has 1 aromatic carbocycles. The minimum absolute atomic E-state index is 0.132. The van der Waals surface area contributed by atoms with E-state index in [4.69, 9.17) is 4.74 Å². The second kappa shape index (κ2) is 11.8. The molecule has 4 rings (SSSR count). The number of hydrogen-bond donors (Lipinski definition) is 1. The maximum atomic E-state index is 13.8. The summed E-state index contributed by atoms with van der Waals surface area (Å²) in [5, 5.41) is 5.20. The van der Waals surface area contributed by atoms with Gasteiger partial charge in [0.15, 0.2) is 0 Å². The first-order valence-electron chi connectivity index (χ1n) is 11.9. The lowest BCUT2D eigenvalue weighted by molar-refractivity contribution is -0.127. The first-order valence-corrected chi connectivity index (χ1v) is 12.8. The Hall–Kier alpha value is -3.19. The van der Waals surface area contributed by atoms with Gasteiger partial charge in [-0.25, -0.2) is 0 Å². The number of nitrogens with zero attached hydrogens (tertiary/aromatic N) is 2. The molecule has 34 heavy (non-hydrogen) atoms. The number of aromatic nitrogens is 1. The van der Waals surface area contributed by atoms with Crippen LogP contribution in [-0.2, 0) is 16.0 Å². The molecule has 1 aliphatic rings. The van der Waals surface area contributed by atoms with Crippen LogP contribution >= 0.6 is 11.3 Å². The smallest absolute Gasteiger partial charge is 0.248 e. The highest BCUT2D eigenvalue weighted by atomic mass is 32.1. The molecule has 1 atom stereocenters. The fourth-order valence-corrected chi connectivity index (χ4v) is 5.14. The zero-order valence-corrected chi connectivity index (χ0v) is 20.3. The van der Waals surface area contributed by atoms with Crippen LogP contribution < -0.4 is 15.0 Å². The lowest BCUT2D eigenvalue weighted by Crippen LogP contribution is -2.47. The molecule has 0 aliphatic heterocycles. The molecule has 2 amide bonds. The van der Waals surface area contributed by atoms with Gasteiger partial charge in [0.25, 0.3) is 0 Å². The van der Waals surface area contributed by atoms with Crippen LogP contribution in [0.25, 0.3) is 0 Å². The van der Waals surface area contributed by atoms with E-state index in [1.165, 1.54) is 17.8 Å². The Bertz CT molecular complexity index is 1050. The summed E-state index contributed by atoms with van der Waals surface area (Å²) in [4.78, 5) is 34.2. The number of pyridine rings is 1. The molecule has 2 aromatic heterocycles. The van der Waals surface area contributed by atoms with Gasteiger partial charge in [-0.1, -0.05) is 25.3 Å². The van der Waals surface area contributed by atoms with Crippen molar-refractivity contribution in [3.05, 3.63) is 76.7 Å². The molecule has 1 N–H and O–H groups in total. The van der Waals surface area contributed by atoms with Gasteiger partial charge >= 0.3 is 0 Å². The number of rotatable bonds is 9. The molecule has 1 fully saturated rings. The van der Waals surface area contributed by atoms with Gasteiger partial charge in [0.2, 0.25) is 11.8 Å². The van der Waals surface area contributed by atoms with E-state index in [0.717, 1.165) is 41.9 Å². The van der Waals surface area contributed by atoms with Gasteiger partial charge in [-0.05, 0) is 73.2 Å². The van der Waals surface area contributed by atoms with E-state index in [1.807, 2.05) is 60.8 Å². The molecular weight excluding hydrogens is 446 g/mol. The number of carbonyl (C=O) groups is 2. The Kier molecular flexibility index (Phi) is 8.31. The summed E-state index contributed by atoms with van der Waals surface area (Å²) in [6, 6.07) is 14.2. The van der Waals surface area contributed by atoms with Gasteiger partial charge in [0, 0.05) is 29.0 Å². The Morgan fingerprint density at radius 2 is 1.82 bits per heavy atom. The molecule has 1 aliphatic carbocycles. The third-order valence-corrected chi connectivity index (χ3v) is 6.96. The fraction of sp³-hybridized carbons (Fsp3) is 0.370. The van der Waals surface area contributed by atoms with E-state index in [-0.39, 0.29) is 24.3 Å². The monoisotopic (exact) mass is 477 g/mol. The highest BCUT2D eigenvalue weighted by Crippen LogP contribution is 2.31. The lowest BCUT2D eigenvalue weighted by Gasteiger charge is -2.33. The van der Waals surface area contributed by atoms with Crippen LogP contribution in [0, 0.1) is 0 Å². The van der Waals surface area contributed by atoms with Gasteiger partial charge in [0.1, 0.15) is 11.8 Å². The van der Waals surface area contributed by atoms with Gasteiger partial charge in [-0.15, -0.1) is 11.3 Å². The maximum Gasteiger partial charge on any atom is 0.248 e. The average Bonchev–Trinajstić information content (AvgIpc) is 3.37. The van der Waals surface area contributed by atoms with Crippen LogP contribution in [0.4, 0.5) is 5.69 Å². The van der Waals surface area contributed by atoms with Crippen molar-refractivity contribution < 1.29 is 14.3 Å². The Balaban J connectivity index is 1.71. The van der Waals surface area contributed by atoms with Crippen molar-refractivity contribution in [1.29, 1.82) is 0 Å². The lowest BCUT2D eigenvalue weighted by atomic mass is 9.94. The molecular formula is C27H31N3O3S. The number of ether oxygens (including phenoxy) is 1. The molecule has 0 spiro atoms. The summed E-state index contributed by atoms with van der Waals surface area (Å²) in [6.45, 7) is 2.49. The number of amides is 2. The quantitative estimate of drug-likeness (QED) is 0.454. The number of nitrogens with one attached hydrogen (secondary N) is 1. The fourth-order valence-electron chi connectivity index (χ4n) is 4.44. The van der Waals surface area contributed by atoms with Crippen molar-refractivity contribution in [1.82, 2.24) is 10.3 Å². The summed E-state index contributed by atoms with van der Waals surface area (Å²) < 4.78 is 5.59. The second-order valence-electron chi connectivity index (χ2n) is 8.47. The molecule has 7 heteroatoms. The normalized spacial score (nSPS) is 14.9. The first kappa shape index (κ1) is 24.0. The van der Waals surface area contributed by atoms with Crippen LogP contribution in [0.15, 0.2) is 66.3 Å². The van der Waals surface area contributed by atoms with Crippen molar-refractivity contribution in [2.24, 2.45) is 0 Å². The molecule has 1 unspecified atom stereocenters. The minimum atomic E-state index is -0.796. The summed E-state index contributed by atoms with van der Waals surface area (Å²) in [6.07, 6.45) is 8.94. The Morgan fingerprint density at radius 1 is 1.09 bits per heavy atom. The molecule has 2 heterocycles. The molecule has 3 aromatic rings. The van der Waals surface area contributed by atoms with Crippen LogP contribution in [0.5, 0.6) is 5.75 Å². The zero-order valence-electron chi connectivity index (χ0n) is 19.5. The van der Waals surface area contributed by atoms with E-state index < -0.39 is 6.04 Å². The molecule has 6 nitrogen and oxygen atoms in total. The highest BCUT2D eigenvalue weighted by Gasteiger charge is 2.34. The van der Waals surface area contributed by atoms with Crippen LogP contribution in [0.2, 0.25) is 0 Å². The largest absolute Gasteiger partial charge is 0.494 e. The van der Waals surface area contributed by atoms with E-state index in [2.05, 4.69) is 10.3 Å². The number of anilines is 1. The second-order valence-corrected chi connectivity index (χ2v) is 9.51. The molecule has 0 bridgehead atoms. The van der Waals surface area contributed by atoms with Crippen molar-refractivity contribution in [2.75, 3.05) is 11.5 Å². The summed E-state index contributed by atoms with van der Waals surface area (Å²) in [7, 11) is 0. The maximum absolute atomic E-state index is 13.8. The molecule has 0 saturated heterocycles. The van der Waals surface area contributed by atoms with Gasteiger partial charge in [-0.2, -0.15) is 0 Å². The number of carbonyl (C=O) groups excluding carboxylic acids is 2. The van der Waals surface area contributed by atoms with E-state index >= 15 is 0 Å². The molecule has 178 valence electrons. The van der Waals surface area contributed by atoms with Gasteiger partial charge < -0.3 is 10.1 Å².